The zero-order chi connectivity index (χ0) is 15.6. The van der Waals surface area contributed by atoms with Crippen molar-refractivity contribution in [3.63, 3.8) is 0 Å². The van der Waals surface area contributed by atoms with Crippen LogP contribution in [0.5, 0.6) is 0 Å². The van der Waals surface area contributed by atoms with Gasteiger partial charge in [-0.2, -0.15) is 0 Å². The Balaban J connectivity index is 2.06. The molecule has 1 fully saturated rings. The first kappa shape index (κ1) is 15.7. The second-order valence-corrected chi connectivity index (χ2v) is 6.56. The van der Waals surface area contributed by atoms with E-state index in [1.807, 2.05) is 19.3 Å². The lowest BCUT2D eigenvalue weighted by molar-refractivity contribution is -0.136. The van der Waals surface area contributed by atoms with Crippen LogP contribution in [-0.4, -0.2) is 58.2 Å². The minimum atomic E-state index is -0.429. The molecule has 1 N–H and O–H groups in total. The largest absolute Gasteiger partial charge is 0.387 e. The average molecular weight is 292 g/mol. The quantitative estimate of drug-likeness (QED) is 0.873. The van der Waals surface area contributed by atoms with Crippen molar-refractivity contribution < 1.29 is 9.90 Å². The van der Waals surface area contributed by atoms with E-state index >= 15 is 0 Å². The first-order valence-corrected chi connectivity index (χ1v) is 7.30. The number of aromatic nitrogens is 2. The van der Waals surface area contributed by atoms with Gasteiger partial charge in [0.05, 0.1) is 0 Å². The molecule has 0 bridgehead atoms. The summed E-state index contributed by atoms with van der Waals surface area (Å²) in [6.45, 7) is 9.90. The summed E-state index contributed by atoms with van der Waals surface area (Å²) in [4.78, 5) is 24.3. The SMILES string of the molecule is C[C@@H]1CN(c2ncc(C(C)(C)C)cn2)CCN1C(=O)CO. The van der Waals surface area contributed by atoms with E-state index in [4.69, 9.17) is 5.11 Å². The number of rotatable bonds is 2. The maximum Gasteiger partial charge on any atom is 0.248 e. The molecule has 6 nitrogen and oxygen atoms in total. The van der Waals surface area contributed by atoms with E-state index in [9.17, 15) is 4.79 Å². The van der Waals surface area contributed by atoms with Gasteiger partial charge in [-0.15, -0.1) is 0 Å². The van der Waals surface area contributed by atoms with Crippen LogP contribution >= 0.6 is 0 Å². The molecule has 116 valence electrons. The lowest BCUT2D eigenvalue weighted by Gasteiger charge is -2.39. The summed E-state index contributed by atoms with van der Waals surface area (Å²) >= 11 is 0. The van der Waals surface area contributed by atoms with Crippen molar-refractivity contribution in [1.82, 2.24) is 14.9 Å². The van der Waals surface area contributed by atoms with Gasteiger partial charge in [-0.3, -0.25) is 4.79 Å². The average Bonchev–Trinajstić information content (AvgIpc) is 2.45. The molecule has 1 aliphatic heterocycles. The number of anilines is 1. The van der Waals surface area contributed by atoms with E-state index in [2.05, 4.69) is 35.6 Å². The van der Waals surface area contributed by atoms with Crippen molar-refractivity contribution >= 4 is 11.9 Å². The summed E-state index contributed by atoms with van der Waals surface area (Å²) < 4.78 is 0. The second kappa shape index (κ2) is 5.97. The molecule has 0 aromatic carbocycles. The Morgan fingerprint density at radius 1 is 1.33 bits per heavy atom. The highest BCUT2D eigenvalue weighted by Gasteiger charge is 2.28. The first-order valence-electron chi connectivity index (χ1n) is 7.30. The summed E-state index contributed by atoms with van der Waals surface area (Å²) in [5.74, 6) is 0.483. The van der Waals surface area contributed by atoms with Gasteiger partial charge in [0.15, 0.2) is 0 Å². The van der Waals surface area contributed by atoms with Gasteiger partial charge in [0.25, 0.3) is 0 Å². The topological polar surface area (TPSA) is 69.6 Å². The second-order valence-electron chi connectivity index (χ2n) is 6.56. The molecule has 1 amide bonds. The van der Waals surface area contributed by atoms with Gasteiger partial charge in [-0.05, 0) is 17.9 Å². The van der Waals surface area contributed by atoms with Crippen LogP contribution in [0.1, 0.15) is 33.3 Å². The van der Waals surface area contributed by atoms with Crippen molar-refractivity contribution in [3.05, 3.63) is 18.0 Å². The van der Waals surface area contributed by atoms with Crippen molar-refractivity contribution in [2.45, 2.75) is 39.2 Å². The monoisotopic (exact) mass is 292 g/mol. The Bertz CT molecular complexity index is 495. The fraction of sp³-hybridized carbons (Fsp3) is 0.667. The standard InChI is InChI=1S/C15H24N4O2/c1-11-9-18(5-6-19(11)13(21)10-20)14-16-7-12(8-17-14)15(2,3)4/h7-8,11,20H,5-6,9-10H2,1-4H3/t11-/m1/s1. The zero-order valence-corrected chi connectivity index (χ0v) is 13.2. The zero-order valence-electron chi connectivity index (χ0n) is 13.2. The molecule has 6 heteroatoms. The molecule has 0 saturated carbocycles. The highest BCUT2D eigenvalue weighted by atomic mass is 16.3. The Hall–Kier alpha value is -1.69. The number of hydrogen-bond acceptors (Lipinski definition) is 5. The maximum atomic E-state index is 11.6. The summed E-state index contributed by atoms with van der Waals surface area (Å²) in [6, 6.07) is 0.0456. The number of carbonyl (C=O) groups is 1. The van der Waals surface area contributed by atoms with E-state index in [1.165, 1.54) is 0 Å². The lowest BCUT2D eigenvalue weighted by Crippen LogP contribution is -2.55. The highest BCUT2D eigenvalue weighted by Crippen LogP contribution is 2.22. The number of aliphatic hydroxyl groups excluding tert-OH is 1. The molecule has 0 aliphatic carbocycles. The smallest absolute Gasteiger partial charge is 0.248 e. The van der Waals surface area contributed by atoms with Crippen molar-refractivity contribution in [2.24, 2.45) is 0 Å². The minimum Gasteiger partial charge on any atom is -0.387 e. The molecule has 2 heterocycles. The van der Waals surface area contributed by atoms with Crippen LogP contribution in [0, 0.1) is 0 Å². The molecule has 1 aromatic heterocycles. The molecule has 0 spiro atoms. The number of piperazine rings is 1. The van der Waals surface area contributed by atoms with Crippen LogP contribution in [0.2, 0.25) is 0 Å². The van der Waals surface area contributed by atoms with Crippen LogP contribution < -0.4 is 4.90 Å². The van der Waals surface area contributed by atoms with Crippen molar-refractivity contribution in [3.8, 4) is 0 Å². The molecule has 1 saturated heterocycles. The van der Waals surface area contributed by atoms with Gasteiger partial charge in [-0.25, -0.2) is 9.97 Å². The van der Waals surface area contributed by atoms with Crippen LogP contribution in [0.15, 0.2) is 12.4 Å². The summed E-state index contributed by atoms with van der Waals surface area (Å²) in [5, 5.41) is 8.96. The number of hydrogen-bond donors (Lipinski definition) is 1. The number of amides is 1. The van der Waals surface area contributed by atoms with Crippen molar-refractivity contribution in [1.29, 1.82) is 0 Å². The van der Waals surface area contributed by atoms with Gasteiger partial charge in [0, 0.05) is 38.1 Å². The highest BCUT2D eigenvalue weighted by molar-refractivity contribution is 5.77. The molecule has 0 radical (unpaired) electrons. The summed E-state index contributed by atoms with van der Waals surface area (Å²) in [5.41, 5.74) is 1.14. The predicted octanol–water partition coefficient (Wildman–Crippen LogP) is 0.803. The van der Waals surface area contributed by atoms with Crippen LogP contribution in [0.25, 0.3) is 0 Å². The molecule has 1 atom stereocenters. The van der Waals surface area contributed by atoms with Crippen LogP contribution in [0.3, 0.4) is 0 Å². The molecule has 1 aromatic rings. The fourth-order valence-corrected chi connectivity index (χ4v) is 2.47. The van der Waals surface area contributed by atoms with Gasteiger partial charge in [0.1, 0.15) is 6.61 Å². The van der Waals surface area contributed by atoms with Gasteiger partial charge >= 0.3 is 0 Å². The predicted molar refractivity (Wildman–Crippen MR) is 81.2 cm³/mol. The van der Waals surface area contributed by atoms with E-state index in [-0.39, 0.29) is 17.4 Å². The third-order valence-corrected chi connectivity index (χ3v) is 3.87. The third kappa shape index (κ3) is 3.50. The Labute approximate surface area is 125 Å². The van der Waals surface area contributed by atoms with E-state index < -0.39 is 6.61 Å². The Kier molecular flexibility index (Phi) is 4.46. The van der Waals surface area contributed by atoms with E-state index in [1.54, 1.807) is 4.90 Å². The van der Waals surface area contributed by atoms with E-state index in [0.29, 0.717) is 25.6 Å². The molecule has 21 heavy (non-hydrogen) atoms. The van der Waals surface area contributed by atoms with Crippen molar-refractivity contribution in [2.75, 3.05) is 31.1 Å². The first-order chi connectivity index (χ1) is 9.82. The third-order valence-electron chi connectivity index (χ3n) is 3.87. The normalized spacial score (nSPS) is 19.8. The summed E-state index contributed by atoms with van der Waals surface area (Å²) in [7, 11) is 0. The van der Waals surface area contributed by atoms with Crippen LogP contribution in [-0.2, 0) is 10.2 Å². The van der Waals surface area contributed by atoms with Gasteiger partial charge in [0.2, 0.25) is 11.9 Å². The van der Waals surface area contributed by atoms with Gasteiger partial charge < -0.3 is 14.9 Å². The number of aliphatic hydroxyl groups is 1. The minimum absolute atomic E-state index is 0.0397. The van der Waals surface area contributed by atoms with Crippen LogP contribution in [0.4, 0.5) is 5.95 Å². The molecular weight excluding hydrogens is 268 g/mol. The van der Waals surface area contributed by atoms with E-state index in [0.717, 1.165) is 5.56 Å². The molecular formula is C15H24N4O2. The summed E-state index contributed by atoms with van der Waals surface area (Å²) in [6.07, 6.45) is 3.75. The molecule has 2 rings (SSSR count). The Morgan fingerprint density at radius 2 is 1.95 bits per heavy atom. The molecule has 1 aliphatic rings. The number of nitrogens with zero attached hydrogens (tertiary/aromatic N) is 4. The Morgan fingerprint density at radius 3 is 2.43 bits per heavy atom. The molecule has 0 unspecified atom stereocenters. The van der Waals surface area contributed by atoms with Gasteiger partial charge in [-0.1, -0.05) is 20.8 Å². The maximum absolute atomic E-state index is 11.6. The lowest BCUT2D eigenvalue weighted by atomic mass is 9.89. The fourth-order valence-electron chi connectivity index (χ4n) is 2.47. The number of carbonyl (C=O) groups excluding carboxylic acids is 1.